The molecule has 3 rings (SSSR count). The van der Waals surface area contributed by atoms with E-state index in [-0.39, 0.29) is 27.5 Å². The van der Waals surface area contributed by atoms with Crippen molar-refractivity contribution in [3.63, 3.8) is 0 Å². The number of carbonyl (C=O) groups is 1. The first kappa shape index (κ1) is 18.8. The van der Waals surface area contributed by atoms with E-state index in [1.807, 2.05) is 6.92 Å². The van der Waals surface area contributed by atoms with Crippen molar-refractivity contribution in [1.82, 2.24) is 19.9 Å². The Morgan fingerprint density at radius 2 is 2.19 bits per heavy atom. The Balaban J connectivity index is 2.20. The Morgan fingerprint density at radius 3 is 2.77 bits per heavy atom. The largest absolute Gasteiger partial charge is 0.433 e. The summed E-state index contributed by atoms with van der Waals surface area (Å²) in [5, 5.41) is 8.32. The zero-order valence-electron chi connectivity index (χ0n) is 13.8. The Bertz CT molecular complexity index is 953. The van der Waals surface area contributed by atoms with Gasteiger partial charge in [0, 0.05) is 6.04 Å². The number of rotatable bonds is 4. The lowest BCUT2D eigenvalue weighted by Gasteiger charge is -2.10. The number of amides is 1. The van der Waals surface area contributed by atoms with Gasteiger partial charge < -0.3 is 5.32 Å². The minimum atomic E-state index is -4.65. The number of fused-ring (bicyclic) bond motifs is 1. The number of halogens is 4. The van der Waals surface area contributed by atoms with Crippen LogP contribution in [0.1, 0.15) is 36.5 Å². The lowest BCUT2D eigenvalue weighted by atomic mass is 10.2. The summed E-state index contributed by atoms with van der Waals surface area (Å²) in [6.07, 6.45) is -3.96. The van der Waals surface area contributed by atoms with Crippen molar-refractivity contribution < 1.29 is 18.0 Å². The van der Waals surface area contributed by atoms with E-state index in [2.05, 4.69) is 31.3 Å². The van der Waals surface area contributed by atoms with Gasteiger partial charge in [0.1, 0.15) is 0 Å². The SMILES string of the molecule is CC[C@H](C)NC(=O)c1nn2c(C(F)(F)F)cc(-c3cccs3)nc2c1Br. The maximum absolute atomic E-state index is 13.5. The highest BCUT2D eigenvalue weighted by Gasteiger charge is 2.36. The third kappa shape index (κ3) is 3.48. The number of thiophene rings is 1. The first-order chi connectivity index (χ1) is 12.2. The summed E-state index contributed by atoms with van der Waals surface area (Å²) in [6, 6.07) is 4.23. The standard InChI is InChI=1S/C16H14BrF3N4OS/c1-3-8(2)21-15(25)13-12(17)14-22-9(10-5-4-6-26-10)7-11(16(18,19)20)24(14)23-13/h4-8H,3H2,1-2H3,(H,21,25)/t8-/m0/s1. The van der Waals surface area contributed by atoms with Crippen molar-refractivity contribution in [2.24, 2.45) is 0 Å². The Hall–Kier alpha value is -1.94. The van der Waals surface area contributed by atoms with E-state index in [0.29, 0.717) is 15.8 Å². The molecule has 26 heavy (non-hydrogen) atoms. The van der Waals surface area contributed by atoms with Crippen LogP contribution in [0.25, 0.3) is 16.2 Å². The summed E-state index contributed by atoms with van der Waals surface area (Å²) in [5.41, 5.74) is -1.01. The molecular weight excluding hydrogens is 433 g/mol. The zero-order valence-corrected chi connectivity index (χ0v) is 16.2. The molecule has 0 radical (unpaired) electrons. The predicted molar refractivity (Wildman–Crippen MR) is 96.2 cm³/mol. The molecule has 0 fully saturated rings. The average Bonchev–Trinajstić information content (AvgIpc) is 3.21. The second-order valence-corrected chi connectivity index (χ2v) is 7.42. The summed E-state index contributed by atoms with van der Waals surface area (Å²) < 4.78 is 41.4. The van der Waals surface area contributed by atoms with Gasteiger partial charge in [-0.3, -0.25) is 4.79 Å². The number of carbonyl (C=O) groups excluding carboxylic acids is 1. The third-order valence-electron chi connectivity index (χ3n) is 3.80. The average molecular weight is 447 g/mol. The predicted octanol–water partition coefficient (Wildman–Crippen LogP) is 4.77. The summed E-state index contributed by atoms with van der Waals surface area (Å²) in [7, 11) is 0. The van der Waals surface area contributed by atoms with Crippen molar-refractivity contribution in [1.29, 1.82) is 0 Å². The van der Waals surface area contributed by atoms with Crippen LogP contribution in [-0.4, -0.2) is 26.5 Å². The molecule has 0 bridgehead atoms. The highest BCUT2D eigenvalue weighted by atomic mass is 79.9. The molecular formula is C16H14BrF3N4OS. The van der Waals surface area contributed by atoms with Crippen LogP contribution in [0.4, 0.5) is 13.2 Å². The Kier molecular flexibility index (Phi) is 5.07. The molecule has 138 valence electrons. The number of aromatic nitrogens is 3. The maximum Gasteiger partial charge on any atom is 0.433 e. The maximum atomic E-state index is 13.5. The van der Waals surface area contributed by atoms with Gasteiger partial charge in [-0.15, -0.1) is 11.3 Å². The van der Waals surface area contributed by atoms with E-state index >= 15 is 0 Å². The molecule has 3 heterocycles. The molecule has 3 aromatic rings. The topological polar surface area (TPSA) is 59.3 Å². The van der Waals surface area contributed by atoms with Gasteiger partial charge in [0.2, 0.25) is 0 Å². The minimum absolute atomic E-state index is 0.0578. The van der Waals surface area contributed by atoms with E-state index < -0.39 is 17.8 Å². The molecule has 0 aliphatic rings. The van der Waals surface area contributed by atoms with Crippen LogP contribution in [-0.2, 0) is 6.18 Å². The molecule has 0 aliphatic heterocycles. The fraction of sp³-hybridized carbons (Fsp3) is 0.312. The Morgan fingerprint density at radius 1 is 1.46 bits per heavy atom. The molecule has 0 aliphatic carbocycles. The summed E-state index contributed by atoms with van der Waals surface area (Å²) in [5.74, 6) is -0.553. The number of nitrogens with zero attached hydrogens (tertiary/aromatic N) is 3. The monoisotopic (exact) mass is 446 g/mol. The van der Waals surface area contributed by atoms with Crippen molar-refractivity contribution in [3.05, 3.63) is 39.4 Å². The van der Waals surface area contributed by atoms with Gasteiger partial charge in [-0.05, 0) is 46.8 Å². The highest BCUT2D eigenvalue weighted by Crippen LogP contribution is 2.35. The zero-order chi connectivity index (χ0) is 19.1. The van der Waals surface area contributed by atoms with Crippen LogP contribution in [0.3, 0.4) is 0 Å². The van der Waals surface area contributed by atoms with Gasteiger partial charge >= 0.3 is 6.18 Å². The second-order valence-electron chi connectivity index (χ2n) is 5.68. The molecule has 1 N–H and O–H groups in total. The molecule has 0 unspecified atom stereocenters. The van der Waals surface area contributed by atoms with Crippen LogP contribution in [0, 0.1) is 0 Å². The van der Waals surface area contributed by atoms with Crippen LogP contribution >= 0.6 is 27.3 Å². The van der Waals surface area contributed by atoms with Gasteiger partial charge in [0.25, 0.3) is 5.91 Å². The van der Waals surface area contributed by atoms with Crippen LogP contribution in [0.15, 0.2) is 28.1 Å². The summed E-state index contributed by atoms with van der Waals surface area (Å²) in [6.45, 7) is 3.69. The second kappa shape index (κ2) is 6.99. The smallest absolute Gasteiger partial charge is 0.348 e. The third-order valence-corrected chi connectivity index (χ3v) is 5.42. The van der Waals surface area contributed by atoms with Gasteiger partial charge in [0.05, 0.1) is 15.0 Å². The van der Waals surface area contributed by atoms with Crippen molar-refractivity contribution >= 4 is 38.8 Å². The molecule has 0 spiro atoms. The number of hydrogen-bond acceptors (Lipinski definition) is 4. The lowest BCUT2D eigenvalue weighted by molar-refractivity contribution is -0.142. The quantitative estimate of drug-likeness (QED) is 0.627. The van der Waals surface area contributed by atoms with Crippen LogP contribution < -0.4 is 5.32 Å². The fourth-order valence-corrected chi connectivity index (χ4v) is 3.49. The molecule has 0 saturated carbocycles. The van der Waals surface area contributed by atoms with E-state index in [9.17, 15) is 18.0 Å². The van der Waals surface area contributed by atoms with Gasteiger partial charge in [-0.25, -0.2) is 9.50 Å². The van der Waals surface area contributed by atoms with Crippen LogP contribution in [0.5, 0.6) is 0 Å². The van der Waals surface area contributed by atoms with Gasteiger partial charge in [-0.2, -0.15) is 18.3 Å². The van der Waals surface area contributed by atoms with E-state index in [0.717, 1.165) is 6.07 Å². The highest BCUT2D eigenvalue weighted by molar-refractivity contribution is 9.10. The lowest BCUT2D eigenvalue weighted by Crippen LogP contribution is -2.32. The first-order valence-electron chi connectivity index (χ1n) is 7.73. The van der Waals surface area contributed by atoms with Gasteiger partial charge in [0.15, 0.2) is 17.0 Å². The van der Waals surface area contributed by atoms with E-state index in [4.69, 9.17) is 0 Å². The van der Waals surface area contributed by atoms with Gasteiger partial charge in [-0.1, -0.05) is 13.0 Å². The molecule has 5 nitrogen and oxygen atoms in total. The van der Waals surface area contributed by atoms with Crippen molar-refractivity contribution in [2.75, 3.05) is 0 Å². The first-order valence-corrected chi connectivity index (χ1v) is 9.40. The van der Waals surface area contributed by atoms with E-state index in [1.54, 1.807) is 24.4 Å². The number of alkyl halides is 3. The molecule has 1 atom stereocenters. The normalized spacial score (nSPS) is 13.2. The number of hydrogen-bond donors (Lipinski definition) is 1. The summed E-state index contributed by atoms with van der Waals surface area (Å²) >= 11 is 4.47. The molecule has 0 saturated heterocycles. The molecule has 0 aromatic carbocycles. The fourth-order valence-electron chi connectivity index (χ4n) is 2.28. The van der Waals surface area contributed by atoms with E-state index in [1.165, 1.54) is 11.3 Å². The van der Waals surface area contributed by atoms with Crippen LogP contribution in [0.2, 0.25) is 0 Å². The Labute approximate surface area is 159 Å². The molecule has 1 amide bonds. The number of nitrogens with one attached hydrogen (secondary N) is 1. The summed E-state index contributed by atoms with van der Waals surface area (Å²) in [4.78, 5) is 17.2. The van der Waals surface area contributed by atoms with Crippen molar-refractivity contribution in [2.45, 2.75) is 32.5 Å². The molecule has 10 heteroatoms. The van der Waals surface area contributed by atoms with Crippen molar-refractivity contribution in [3.8, 4) is 10.6 Å². The molecule has 3 aromatic heterocycles. The minimum Gasteiger partial charge on any atom is -0.348 e.